The molecule has 2 aliphatic rings. The van der Waals surface area contributed by atoms with E-state index in [0.29, 0.717) is 37.3 Å². The highest BCUT2D eigenvalue weighted by Gasteiger charge is 2.44. The van der Waals surface area contributed by atoms with Gasteiger partial charge in [-0.1, -0.05) is 43.0 Å². The standard InChI is InChI=1S/C30H32F3N7O3/c1-19(23-8-10-24(11-9-23)29(42)43-4)35-27(41)25-26(30(31,32)33)36-40-15-13-38(28(25)40)18-22-7-5-6-21(16-22)17-37-12-14-39(34-3)20(37)2/h5-11,16,19H,2-3,12-15,17-18H2,1,4H3,(H,35,41)/t19-/m0/s1. The summed E-state index contributed by atoms with van der Waals surface area (Å²) in [5.41, 5.74) is 1.09. The Morgan fingerprint density at radius 1 is 1.05 bits per heavy atom. The molecule has 1 saturated heterocycles. The van der Waals surface area contributed by atoms with Crippen molar-refractivity contribution in [3.8, 4) is 0 Å². The summed E-state index contributed by atoms with van der Waals surface area (Å²) < 4.78 is 48.3. The third kappa shape index (κ3) is 6.06. The van der Waals surface area contributed by atoms with Gasteiger partial charge in [-0.05, 0) is 35.7 Å². The molecule has 1 N–H and O–H groups in total. The van der Waals surface area contributed by atoms with Gasteiger partial charge in [0.25, 0.3) is 5.91 Å². The van der Waals surface area contributed by atoms with Gasteiger partial charge in [0, 0.05) is 32.9 Å². The fraction of sp³-hybridized carbons (Fsp3) is 0.333. The minimum Gasteiger partial charge on any atom is -0.465 e. The Labute approximate surface area is 247 Å². The number of rotatable bonds is 9. The van der Waals surface area contributed by atoms with Crippen molar-refractivity contribution in [3.05, 3.63) is 94.4 Å². The highest BCUT2D eigenvalue weighted by Crippen LogP contribution is 2.39. The maximum Gasteiger partial charge on any atom is 0.436 e. The molecule has 13 heteroatoms. The van der Waals surface area contributed by atoms with Gasteiger partial charge in [-0.15, -0.1) is 0 Å². The Morgan fingerprint density at radius 3 is 2.30 bits per heavy atom. The Hall–Kier alpha value is -4.81. The van der Waals surface area contributed by atoms with E-state index in [1.54, 1.807) is 29.0 Å². The van der Waals surface area contributed by atoms with Gasteiger partial charge in [0.2, 0.25) is 0 Å². The molecule has 3 aromatic rings. The summed E-state index contributed by atoms with van der Waals surface area (Å²) in [6.45, 7) is 12.2. The molecule has 2 aliphatic heterocycles. The van der Waals surface area contributed by atoms with Crippen molar-refractivity contribution in [2.45, 2.75) is 38.8 Å². The molecule has 1 fully saturated rings. The number of hydrazone groups is 1. The molecule has 43 heavy (non-hydrogen) atoms. The molecule has 226 valence electrons. The van der Waals surface area contributed by atoms with E-state index in [9.17, 15) is 22.8 Å². The average molecular weight is 596 g/mol. The Bertz CT molecular complexity index is 1550. The lowest BCUT2D eigenvalue weighted by atomic mass is 10.1. The molecule has 0 aliphatic carbocycles. The van der Waals surface area contributed by atoms with Gasteiger partial charge in [0.1, 0.15) is 17.2 Å². The smallest absolute Gasteiger partial charge is 0.436 e. The van der Waals surface area contributed by atoms with Crippen LogP contribution in [0.5, 0.6) is 0 Å². The molecule has 1 atom stereocenters. The predicted molar refractivity (Wildman–Crippen MR) is 154 cm³/mol. The van der Waals surface area contributed by atoms with E-state index < -0.39 is 35.4 Å². The molecule has 0 spiro atoms. The fourth-order valence-corrected chi connectivity index (χ4v) is 5.42. The van der Waals surface area contributed by atoms with Crippen molar-refractivity contribution in [3.63, 3.8) is 0 Å². The van der Waals surface area contributed by atoms with Crippen LogP contribution in [-0.4, -0.2) is 65.0 Å². The molecule has 1 amide bonds. The van der Waals surface area contributed by atoms with E-state index in [0.717, 1.165) is 23.5 Å². The van der Waals surface area contributed by atoms with Gasteiger partial charge in [-0.2, -0.15) is 23.4 Å². The number of fused-ring (bicyclic) bond motifs is 1. The van der Waals surface area contributed by atoms with E-state index >= 15 is 0 Å². The number of nitrogens with one attached hydrogen (secondary N) is 1. The third-order valence-corrected chi connectivity index (χ3v) is 7.64. The number of nitrogens with zero attached hydrogens (tertiary/aromatic N) is 6. The summed E-state index contributed by atoms with van der Waals surface area (Å²) in [4.78, 5) is 29.0. The molecule has 0 saturated carbocycles. The number of carbonyl (C=O) groups is 2. The molecule has 3 heterocycles. The number of ether oxygens (including phenoxy) is 1. The zero-order chi connectivity index (χ0) is 30.9. The highest BCUT2D eigenvalue weighted by atomic mass is 19.4. The van der Waals surface area contributed by atoms with Crippen molar-refractivity contribution in [1.82, 2.24) is 25.0 Å². The van der Waals surface area contributed by atoms with Crippen molar-refractivity contribution in [1.29, 1.82) is 0 Å². The minimum absolute atomic E-state index is 0.129. The highest BCUT2D eigenvalue weighted by molar-refractivity contribution is 6.01. The van der Waals surface area contributed by atoms with Gasteiger partial charge in [-0.25, -0.2) is 14.5 Å². The van der Waals surface area contributed by atoms with Crippen LogP contribution in [-0.2, 0) is 30.5 Å². The number of hydrogen-bond donors (Lipinski definition) is 1. The lowest BCUT2D eigenvalue weighted by molar-refractivity contribution is -0.141. The first-order valence-electron chi connectivity index (χ1n) is 13.7. The molecule has 0 bridgehead atoms. The second-order valence-corrected chi connectivity index (χ2v) is 10.4. The van der Waals surface area contributed by atoms with Crippen LogP contribution in [0.15, 0.2) is 66.0 Å². The van der Waals surface area contributed by atoms with Gasteiger partial charge in [0.05, 0.1) is 31.8 Å². The second kappa shape index (κ2) is 11.8. The van der Waals surface area contributed by atoms with Crippen molar-refractivity contribution in [2.24, 2.45) is 5.10 Å². The fourth-order valence-electron chi connectivity index (χ4n) is 5.42. The number of esters is 1. The largest absolute Gasteiger partial charge is 0.465 e. The van der Waals surface area contributed by atoms with Gasteiger partial charge < -0.3 is 19.9 Å². The van der Waals surface area contributed by atoms with E-state index in [1.165, 1.54) is 23.9 Å². The number of alkyl halides is 3. The van der Waals surface area contributed by atoms with Gasteiger partial charge in [-0.3, -0.25) is 4.79 Å². The molecular formula is C30H32F3N7O3. The summed E-state index contributed by atoms with van der Waals surface area (Å²) >= 11 is 0. The first-order valence-corrected chi connectivity index (χ1v) is 13.7. The minimum atomic E-state index is -4.83. The normalized spacial score (nSPS) is 15.5. The molecule has 0 radical (unpaired) electrons. The monoisotopic (exact) mass is 595 g/mol. The van der Waals surface area contributed by atoms with Gasteiger partial charge >= 0.3 is 12.1 Å². The average Bonchev–Trinajstić information content (AvgIpc) is 3.67. The number of benzene rings is 2. The number of anilines is 1. The van der Waals surface area contributed by atoms with Crippen molar-refractivity contribution >= 4 is 24.4 Å². The topological polar surface area (TPSA) is 95.3 Å². The van der Waals surface area contributed by atoms with Crippen LogP contribution in [0.4, 0.5) is 19.0 Å². The molecule has 10 nitrogen and oxygen atoms in total. The lowest BCUT2D eigenvalue weighted by Gasteiger charge is -2.22. The van der Waals surface area contributed by atoms with Crippen LogP contribution in [0.2, 0.25) is 0 Å². The maximum atomic E-state index is 14.1. The number of carbonyl (C=O) groups excluding carboxylic acids is 2. The summed E-state index contributed by atoms with van der Waals surface area (Å²) in [5.74, 6) is -0.513. The molecule has 0 unspecified atom stereocenters. The Morgan fingerprint density at radius 2 is 1.70 bits per heavy atom. The van der Waals surface area contributed by atoms with Crippen molar-refractivity contribution < 1.29 is 27.5 Å². The van der Waals surface area contributed by atoms with Crippen LogP contribution >= 0.6 is 0 Å². The SMILES string of the molecule is C=NN1CCN(Cc2cccc(CN3CCn4nc(C(F)(F)F)c(C(=O)N[C@@H](C)c5ccc(C(=O)OC)cc5)c43)c2)C1=C. The number of amides is 1. The van der Waals surface area contributed by atoms with Crippen LogP contribution in [0.3, 0.4) is 0 Å². The number of methoxy groups -OCH3 is 1. The number of aromatic nitrogens is 2. The van der Waals surface area contributed by atoms with Crippen molar-refractivity contribution in [2.75, 3.05) is 31.6 Å². The number of hydrogen-bond acceptors (Lipinski definition) is 8. The van der Waals surface area contributed by atoms with Crippen LogP contribution in [0.25, 0.3) is 0 Å². The van der Waals surface area contributed by atoms with E-state index in [-0.39, 0.29) is 12.4 Å². The van der Waals surface area contributed by atoms with Crippen LogP contribution < -0.4 is 10.2 Å². The third-order valence-electron chi connectivity index (χ3n) is 7.64. The summed E-state index contributed by atoms with van der Waals surface area (Å²) in [5, 5.41) is 12.2. The predicted octanol–water partition coefficient (Wildman–Crippen LogP) is 4.40. The first-order chi connectivity index (χ1) is 20.5. The van der Waals surface area contributed by atoms with E-state index in [2.05, 4.69) is 33.7 Å². The lowest BCUT2D eigenvalue weighted by Crippen LogP contribution is -2.31. The summed E-state index contributed by atoms with van der Waals surface area (Å²) in [6, 6.07) is 13.4. The summed E-state index contributed by atoms with van der Waals surface area (Å²) in [6.07, 6.45) is -4.83. The van der Waals surface area contributed by atoms with Crippen LogP contribution in [0.1, 0.15) is 56.1 Å². The van der Waals surface area contributed by atoms with Gasteiger partial charge in [0.15, 0.2) is 5.69 Å². The molecule has 1 aromatic heterocycles. The Kier molecular flexibility index (Phi) is 8.16. The van der Waals surface area contributed by atoms with Crippen LogP contribution in [0, 0.1) is 0 Å². The Balaban J connectivity index is 1.37. The quantitative estimate of drug-likeness (QED) is 0.289. The number of halogens is 3. The van der Waals surface area contributed by atoms with E-state index in [4.69, 9.17) is 4.74 Å². The zero-order valence-corrected chi connectivity index (χ0v) is 23.9. The molecule has 5 rings (SSSR count). The van der Waals surface area contributed by atoms with E-state index in [1.807, 2.05) is 24.3 Å². The second-order valence-electron chi connectivity index (χ2n) is 10.4. The first kappa shape index (κ1) is 29.7. The molecule has 2 aromatic carbocycles. The summed E-state index contributed by atoms with van der Waals surface area (Å²) in [7, 11) is 1.27. The maximum absolute atomic E-state index is 14.1. The zero-order valence-electron chi connectivity index (χ0n) is 23.9. The molecular weight excluding hydrogens is 563 g/mol.